The minimum absolute atomic E-state index is 0.174. The second-order valence-corrected chi connectivity index (χ2v) is 5.17. The molecule has 0 fully saturated rings. The predicted molar refractivity (Wildman–Crippen MR) is 91.5 cm³/mol. The molecule has 0 aliphatic carbocycles. The summed E-state index contributed by atoms with van der Waals surface area (Å²) in [6.45, 7) is 2.14. The van der Waals surface area contributed by atoms with Gasteiger partial charge in [-0.05, 0) is 24.3 Å². The molecule has 25 heavy (non-hydrogen) atoms. The number of halogens is 3. The third-order valence-corrected chi connectivity index (χ3v) is 3.38. The number of anilines is 1. The molecule has 0 radical (unpaired) electrons. The lowest BCUT2D eigenvalue weighted by Gasteiger charge is -2.15. The number of hydrogen-bond acceptors (Lipinski definition) is 3. The van der Waals surface area contributed by atoms with Crippen molar-refractivity contribution in [2.45, 2.75) is 12.7 Å². The van der Waals surface area contributed by atoms with Crippen molar-refractivity contribution >= 4 is 11.8 Å². The van der Waals surface area contributed by atoms with Gasteiger partial charge in [0.25, 0.3) is 0 Å². The molecular formula is C16H21F3N6. The van der Waals surface area contributed by atoms with Gasteiger partial charge in [-0.1, -0.05) is 0 Å². The number of rotatable bonds is 7. The van der Waals surface area contributed by atoms with Gasteiger partial charge in [-0.2, -0.15) is 13.2 Å². The van der Waals surface area contributed by atoms with E-state index in [0.29, 0.717) is 19.0 Å². The number of nitrogens with zero attached hydrogens (tertiary/aromatic N) is 3. The first-order valence-corrected chi connectivity index (χ1v) is 7.82. The quantitative estimate of drug-likeness (QED) is 0.405. The van der Waals surface area contributed by atoms with Gasteiger partial charge in [0.05, 0.1) is 5.56 Å². The molecule has 0 bridgehead atoms. The zero-order valence-corrected chi connectivity index (χ0v) is 13.8. The maximum Gasteiger partial charge on any atom is 0.419 e. The van der Waals surface area contributed by atoms with E-state index in [9.17, 15) is 13.2 Å². The third-order valence-electron chi connectivity index (χ3n) is 3.38. The summed E-state index contributed by atoms with van der Waals surface area (Å²) in [6.07, 6.45) is 0.826. The standard InChI is InChI=1S/C16H21F3N6/c1-20-15(24-9-12-25-10-2-3-11-25)23-8-7-22-14-13(16(17,18)19)5-4-6-21-14/h2-6,10-11H,7-9,12H2,1H3,(H,21,22)(H2,20,23,24). The number of nitrogens with one attached hydrogen (secondary N) is 3. The van der Waals surface area contributed by atoms with Crippen LogP contribution in [-0.2, 0) is 12.7 Å². The Hall–Kier alpha value is -2.71. The summed E-state index contributed by atoms with van der Waals surface area (Å²) in [4.78, 5) is 7.82. The highest BCUT2D eigenvalue weighted by molar-refractivity contribution is 5.79. The van der Waals surface area contributed by atoms with Gasteiger partial charge >= 0.3 is 6.18 Å². The van der Waals surface area contributed by atoms with Crippen LogP contribution in [0.5, 0.6) is 0 Å². The predicted octanol–water partition coefficient (Wildman–Crippen LogP) is 2.18. The smallest absolute Gasteiger partial charge is 0.368 e. The molecular weight excluding hydrogens is 333 g/mol. The lowest BCUT2D eigenvalue weighted by atomic mass is 10.2. The SMILES string of the molecule is CN=C(NCCNc1ncccc1C(F)(F)F)NCCn1cccc1. The van der Waals surface area contributed by atoms with Crippen molar-refractivity contribution in [2.24, 2.45) is 4.99 Å². The summed E-state index contributed by atoms with van der Waals surface area (Å²) in [7, 11) is 1.64. The maximum absolute atomic E-state index is 12.9. The average molecular weight is 354 g/mol. The van der Waals surface area contributed by atoms with E-state index in [0.717, 1.165) is 12.6 Å². The topological polar surface area (TPSA) is 66.3 Å². The van der Waals surface area contributed by atoms with Crippen molar-refractivity contribution in [3.63, 3.8) is 0 Å². The molecule has 3 N–H and O–H groups in total. The van der Waals surface area contributed by atoms with Crippen LogP contribution in [0.2, 0.25) is 0 Å². The summed E-state index contributed by atoms with van der Waals surface area (Å²) < 4.78 is 40.6. The third kappa shape index (κ3) is 6.02. The molecule has 9 heteroatoms. The summed E-state index contributed by atoms with van der Waals surface area (Å²) >= 11 is 0. The summed E-state index contributed by atoms with van der Waals surface area (Å²) in [5.74, 6) is 0.415. The van der Waals surface area contributed by atoms with Crippen LogP contribution in [0.1, 0.15) is 5.56 Å². The summed E-state index contributed by atoms with van der Waals surface area (Å²) in [6, 6.07) is 6.17. The second-order valence-electron chi connectivity index (χ2n) is 5.17. The van der Waals surface area contributed by atoms with Gasteiger partial charge in [-0.25, -0.2) is 4.98 Å². The molecule has 0 aliphatic heterocycles. The first kappa shape index (κ1) is 18.6. The van der Waals surface area contributed by atoms with Crippen LogP contribution in [0.25, 0.3) is 0 Å². The highest BCUT2D eigenvalue weighted by Gasteiger charge is 2.33. The van der Waals surface area contributed by atoms with E-state index in [-0.39, 0.29) is 12.4 Å². The monoisotopic (exact) mass is 354 g/mol. The van der Waals surface area contributed by atoms with Crippen LogP contribution >= 0.6 is 0 Å². The normalized spacial score (nSPS) is 12.1. The van der Waals surface area contributed by atoms with Crippen molar-refractivity contribution in [3.8, 4) is 0 Å². The van der Waals surface area contributed by atoms with Gasteiger partial charge in [-0.3, -0.25) is 4.99 Å². The molecule has 0 unspecified atom stereocenters. The fourth-order valence-corrected chi connectivity index (χ4v) is 2.18. The Morgan fingerprint density at radius 1 is 1.12 bits per heavy atom. The molecule has 136 valence electrons. The van der Waals surface area contributed by atoms with E-state index in [2.05, 4.69) is 25.9 Å². The Morgan fingerprint density at radius 2 is 1.84 bits per heavy atom. The lowest BCUT2D eigenvalue weighted by Crippen LogP contribution is -2.40. The molecule has 2 heterocycles. The van der Waals surface area contributed by atoms with Gasteiger partial charge < -0.3 is 20.5 Å². The van der Waals surface area contributed by atoms with Crippen molar-refractivity contribution in [1.29, 1.82) is 0 Å². The number of pyridine rings is 1. The summed E-state index contributed by atoms with van der Waals surface area (Å²) in [5.41, 5.74) is -0.774. The van der Waals surface area contributed by atoms with E-state index in [1.165, 1.54) is 12.3 Å². The van der Waals surface area contributed by atoms with Crippen molar-refractivity contribution in [2.75, 3.05) is 32.0 Å². The number of alkyl halides is 3. The first-order valence-electron chi connectivity index (χ1n) is 7.82. The molecule has 0 aliphatic rings. The van der Waals surface area contributed by atoms with Crippen molar-refractivity contribution in [3.05, 3.63) is 48.4 Å². The summed E-state index contributed by atoms with van der Waals surface area (Å²) in [5, 5.41) is 8.87. The fraction of sp³-hybridized carbons (Fsp3) is 0.375. The largest absolute Gasteiger partial charge is 0.419 e. The van der Waals surface area contributed by atoms with Crippen molar-refractivity contribution in [1.82, 2.24) is 20.2 Å². The van der Waals surface area contributed by atoms with Crippen LogP contribution in [0, 0.1) is 0 Å². The molecule has 2 aromatic rings. The van der Waals surface area contributed by atoms with Gasteiger partial charge in [0.2, 0.25) is 0 Å². The minimum Gasteiger partial charge on any atom is -0.368 e. The van der Waals surface area contributed by atoms with Gasteiger partial charge in [0.1, 0.15) is 5.82 Å². The Balaban J connectivity index is 1.73. The Kier molecular flexibility index (Phi) is 6.67. The molecule has 0 aromatic carbocycles. The molecule has 0 amide bonds. The molecule has 0 spiro atoms. The van der Waals surface area contributed by atoms with E-state index in [4.69, 9.17) is 0 Å². The molecule has 2 rings (SSSR count). The first-order chi connectivity index (χ1) is 12.0. The molecule has 2 aromatic heterocycles. The van der Waals surface area contributed by atoms with E-state index < -0.39 is 11.7 Å². The zero-order chi connectivity index (χ0) is 18.1. The Labute approximate surface area is 144 Å². The number of aromatic nitrogens is 2. The van der Waals surface area contributed by atoms with E-state index >= 15 is 0 Å². The minimum atomic E-state index is -4.43. The zero-order valence-electron chi connectivity index (χ0n) is 13.8. The van der Waals surface area contributed by atoms with Crippen LogP contribution in [0.4, 0.5) is 19.0 Å². The Bertz CT molecular complexity index is 667. The maximum atomic E-state index is 12.9. The molecule has 0 saturated heterocycles. The Morgan fingerprint density at radius 3 is 2.52 bits per heavy atom. The van der Waals surface area contributed by atoms with Crippen LogP contribution in [0.15, 0.2) is 47.8 Å². The molecule has 0 saturated carbocycles. The molecule has 6 nitrogen and oxygen atoms in total. The fourth-order valence-electron chi connectivity index (χ4n) is 2.18. The lowest BCUT2D eigenvalue weighted by molar-refractivity contribution is -0.137. The highest BCUT2D eigenvalue weighted by Crippen LogP contribution is 2.33. The van der Waals surface area contributed by atoms with Crippen molar-refractivity contribution < 1.29 is 13.2 Å². The average Bonchev–Trinajstić information content (AvgIpc) is 3.10. The highest BCUT2D eigenvalue weighted by atomic mass is 19.4. The van der Waals surface area contributed by atoms with Crippen LogP contribution in [-0.4, -0.2) is 42.2 Å². The van der Waals surface area contributed by atoms with E-state index in [1.54, 1.807) is 7.05 Å². The van der Waals surface area contributed by atoms with E-state index in [1.807, 2.05) is 29.1 Å². The number of hydrogen-bond donors (Lipinski definition) is 3. The van der Waals surface area contributed by atoms with Crippen LogP contribution in [0.3, 0.4) is 0 Å². The van der Waals surface area contributed by atoms with Gasteiger partial charge in [0.15, 0.2) is 5.96 Å². The number of guanidine groups is 1. The second kappa shape index (κ2) is 8.95. The molecule has 0 atom stereocenters. The van der Waals surface area contributed by atoms with Crippen LogP contribution < -0.4 is 16.0 Å². The van der Waals surface area contributed by atoms with Gasteiger partial charge in [-0.15, -0.1) is 0 Å². The van der Waals surface area contributed by atoms with Gasteiger partial charge in [0, 0.05) is 51.8 Å². The number of aliphatic imine (C=N–C) groups is 1.